The molecule has 0 aliphatic rings. The first-order valence-corrected chi connectivity index (χ1v) is 8.87. The number of esters is 2. The molecule has 2 rings (SSSR count). The Hall–Kier alpha value is -3.35. The second kappa shape index (κ2) is 10.7. The van der Waals surface area contributed by atoms with Gasteiger partial charge >= 0.3 is 11.9 Å². The van der Waals surface area contributed by atoms with Crippen LogP contribution in [0.4, 0.5) is 5.69 Å². The third-order valence-corrected chi connectivity index (χ3v) is 3.71. The summed E-state index contributed by atoms with van der Waals surface area (Å²) in [5, 5.41) is 2.60. The summed E-state index contributed by atoms with van der Waals surface area (Å²) >= 11 is 0. The standard InChI is InChI=1S/C21H23NO6/c1-3-12-27-21(25)16-6-8-17(9-7-16)22-19(23)14-28-20(24)13-15-4-10-18(26-2)11-5-15/h4-11H,3,12-14H2,1-2H3,(H,22,23). The number of anilines is 1. The third kappa shape index (κ3) is 6.75. The minimum atomic E-state index is -0.505. The van der Waals surface area contributed by atoms with E-state index in [1.54, 1.807) is 55.6 Å². The minimum absolute atomic E-state index is 0.0614. The normalized spacial score (nSPS) is 10.1. The lowest BCUT2D eigenvalue weighted by molar-refractivity contribution is -0.146. The fraction of sp³-hybridized carbons (Fsp3) is 0.286. The van der Waals surface area contributed by atoms with E-state index < -0.39 is 24.5 Å². The van der Waals surface area contributed by atoms with Crippen LogP contribution in [0.3, 0.4) is 0 Å². The molecule has 7 nitrogen and oxygen atoms in total. The fourth-order valence-electron chi connectivity index (χ4n) is 2.27. The maximum Gasteiger partial charge on any atom is 0.338 e. The molecule has 0 aliphatic carbocycles. The van der Waals surface area contributed by atoms with Crippen LogP contribution < -0.4 is 10.1 Å². The molecule has 0 aliphatic heterocycles. The van der Waals surface area contributed by atoms with E-state index in [9.17, 15) is 14.4 Å². The van der Waals surface area contributed by atoms with E-state index in [-0.39, 0.29) is 6.42 Å². The highest BCUT2D eigenvalue weighted by atomic mass is 16.5. The van der Waals surface area contributed by atoms with Gasteiger partial charge in [-0.15, -0.1) is 0 Å². The molecule has 0 atom stereocenters. The molecule has 2 aromatic rings. The van der Waals surface area contributed by atoms with Gasteiger partial charge in [0.2, 0.25) is 0 Å². The van der Waals surface area contributed by atoms with Crippen LogP contribution in [0.2, 0.25) is 0 Å². The average molecular weight is 385 g/mol. The van der Waals surface area contributed by atoms with Crippen LogP contribution in [0.15, 0.2) is 48.5 Å². The Morgan fingerprint density at radius 1 is 0.929 bits per heavy atom. The van der Waals surface area contributed by atoms with Crippen molar-refractivity contribution in [3.8, 4) is 5.75 Å². The third-order valence-electron chi connectivity index (χ3n) is 3.71. The van der Waals surface area contributed by atoms with Crippen molar-refractivity contribution in [1.82, 2.24) is 0 Å². The summed E-state index contributed by atoms with van der Waals surface area (Å²) in [5.41, 5.74) is 1.65. The number of hydrogen-bond donors (Lipinski definition) is 1. The Balaban J connectivity index is 1.76. The first-order chi connectivity index (χ1) is 13.5. The van der Waals surface area contributed by atoms with E-state index in [1.165, 1.54) is 0 Å². The molecule has 28 heavy (non-hydrogen) atoms. The van der Waals surface area contributed by atoms with Gasteiger partial charge in [0.05, 0.1) is 25.7 Å². The number of carbonyl (C=O) groups is 3. The molecule has 7 heteroatoms. The van der Waals surface area contributed by atoms with E-state index in [4.69, 9.17) is 14.2 Å². The average Bonchev–Trinajstić information content (AvgIpc) is 2.71. The van der Waals surface area contributed by atoms with Crippen molar-refractivity contribution < 1.29 is 28.6 Å². The Labute approximate surface area is 163 Å². The second-order valence-electron chi connectivity index (χ2n) is 5.95. The van der Waals surface area contributed by atoms with Crippen LogP contribution in [0.25, 0.3) is 0 Å². The van der Waals surface area contributed by atoms with Crippen molar-refractivity contribution in [3.63, 3.8) is 0 Å². The number of amides is 1. The predicted molar refractivity (Wildman–Crippen MR) is 103 cm³/mol. The molecule has 0 radical (unpaired) electrons. The van der Waals surface area contributed by atoms with Gasteiger partial charge in [0.25, 0.3) is 5.91 Å². The molecular formula is C21H23NO6. The van der Waals surface area contributed by atoms with Crippen LogP contribution in [0, 0.1) is 0 Å². The van der Waals surface area contributed by atoms with E-state index in [1.807, 2.05) is 6.92 Å². The smallest absolute Gasteiger partial charge is 0.338 e. The summed E-state index contributed by atoms with van der Waals surface area (Å²) in [7, 11) is 1.56. The number of carbonyl (C=O) groups excluding carboxylic acids is 3. The zero-order valence-electron chi connectivity index (χ0n) is 15.9. The highest BCUT2D eigenvalue weighted by Crippen LogP contribution is 2.13. The minimum Gasteiger partial charge on any atom is -0.497 e. The van der Waals surface area contributed by atoms with Crippen molar-refractivity contribution in [2.45, 2.75) is 19.8 Å². The molecule has 148 valence electrons. The maximum absolute atomic E-state index is 11.9. The highest BCUT2D eigenvalue weighted by Gasteiger charge is 2.10. The summed E-state index contributed by atoms with van der Waals surface area (Å²) in [6.07, 6.45) is 0.808. The van der Waals surface area contributed by atoms with Crippen LogP contribution >= 0.6 is 0 Å². The quantitative estimate of drug-likeness (QED) is 0.668. The molecule has 0 fully saturated rings. The van der Waals surface area contributed by atoms with Crippen LogP contribution in [0.5, 0.6) is 5.75 Å². The topological polar surface area (TPSA) is 90.9 Å². The molecule has 0 bridgehead atoms. The largest absolute Gasteiger partial charge is 0.497 e. The van der Waals surface area contributed by atoms with Gasteiger partial charge in [-0.1, -0.05) is 19.1 Å². The number of methoxy groups -OCH3 is 1. The number of nitrogens with one attached hydrogen (secondary N) is 1. The van der Waals surface area contributed by atoms with Crippen molar-refractivity contribution in [2.75, 3.05) is 25.6 Å². The van der Waals surface area contributed by atoms with Crippen LogP contribution in [0.1, 0.15) is 29.3 Å². The number of benzene rings is 2. The van der Waals surface area contributed by atoms with Crippen LogP contribution in [-0.4, -0.2) is 38.2 Å². The summed E-state index contributed by atoms with van der Waals surface area (Å²) in [6, 6.07) is 13.3. The second-order valence-corrected chi connectivity index (χ2v) is 5.95. The monoisotopic (exact) mass is 385 g/mol. The molecule has 2 aromatic carbocycles. The molecule has 0 spiro atoms. The predicted octanol–water partition coefficient (Wildman–Crippen LogP) is 2.99. The Kier molecular flexibility index (Phi) is 8.02. The van der Waals surface area contributed by atoms with Gasteiger partial charge in [0.15, 0.2) is 6.61 Å². The van der Waals surface area contributed by atoms with E-state index in [0.717, 1.165) is 12.0 Å². The summed E-state index contributed by atoms with van der Waals surface area (Å²) in [5.74, 6) is -0.688. The molecule has 0 heterocycles. The molecule has 0 saturated heterocycles. The first kappa shape index (κ1) is 21.0. The lowest BCUT2D eigenvalue weighted by Gasteiger charge is -2.08. The van der Waals surface area contributed by atoms with Gasteiger partial charge in [-0.2, -0.15) is 0 Å². The first-order valence-electron chi connectivity index (χ1n) is 8.87. The summed E-state index contributed by atoms with van der Waals surface area (Å²) in [6.45, 7) is 1.88. The Morgan fingerprint density at radius 3 is 2.21 bits per heavy atom. The number of rotatable bonds is 9. The van der Waals surface area contributed by atoms with E-state index in [0.29, 0.717) is 23.6 Å². The van der Waals surface area contributed by atoms with Crippen LogP contribution in [-0.2, 0) is 25.5 Å². The summed E-state index contributed by atoms with van der Waals surface area (Å²) < 4.78 is 15.1. The lowest BCUT2D eigenvalue weighted by Crippen LogP contribution is -2.21. The molecule has 1 N–H and O–H groups in total. The molecule has 1 amide bonds. The van der Waals surface area contributed by atoms with Gasteiger partial charge in [-0.25, -0.2) is 4.79 Å². The Bertz CT molecular complexity index is 799. The lowest BCUT2D eigenvalue weighted by atomic mass is 10.1. The molecular weight excluding hydrogens is 362 g/mol. The van der Waals surface area contributed by atoms with E-state index >= 15 is 0 Å². The van der Waals surface area contributed by atoms with Gasteiger partial charge in [0, 0.05) is 5.69 Å². The zero-order chi connectivity index (χ0) is 20.4. The van der Waals surface area contributed by atoms with Gasteiger partial charge in [0.1, 0.15) is 5.75 Å². The Morgan fingerprint density at radius 2 is 1.61 bits per heavy atom. The number of ether oxygens (including phenoxy) is 3. The highest BCUT2D eigenvalue weighted by molar-refractivity contribution is 5.94. The van der Waals surface area contributed by atoms with Gasteiger partial charge in [-0.3, -0.25) is 9.59 Å². The maximum atomic E-state index is 11.9. The van der Waals surface area contributed by atoms with Crippen molar-refractivity contribution in [1.29, 1.82) is 0 Å². The number of hydrogen-bond acceptors (Lipinski definition) is 6. The SMILES string of the molecule is CCCOC(=O)c1ccc(NC(=O)COC(=O)Cc2ccc(OC)cc2)cc1. The van der Waals surface area contributed by atoms with Gasteiger partial charge in [-0.05, 0) is 48.4 Å². The van der Waals surface area contributed by atoms with Gasteiger partial charge < -0.3 is 19.5 Å². The zero-order valence-corrected chi connectivity index (χ0v) is 15.9. The summed E-state index contributed by atoms with van der Waals surface area (Å²) in [4.78, 5) is 35.5. The van der Waals surface area contributed by atoms with Crippen molar-refractivity contribution in [3.05, 3.63) is 59.7 Å². The molecule has 0 unspecified atom stereocenters. The molecule has 0 aromatic heterocycles. The molecule has 0 saturated carbocycles. The van der Waals surface area contributed by atoms with Crippen molar-refractivity contribution >= 4 is 23.5 Å². The fourth-order valence-corrected chi connectivity index (χ4v) is 2.27. The van der Waals surface area contributed by atoms with Crippen molar-refractivity contribution in [2.24, 2.45) is 0 Å². The van der Waals surface area contributed by atoms with E-state index in [2.05, 4.69) is 5.32 Å².